The Morgan fingerprint density at radius 1 is 1.00 bits per heavy atom. The Bertz CT molecular complexity index is 607. The minimum atomic E-state index is 0.866. The Morgan fingerprint density at radius 3 is 2.68 bits per heavy atom. The van der Waals surface area contributed by atoms with E-state index in [1.807, 2.05) is 0 Å². The highest BCUT2D eigenvalue weighted by Gasteiger charge is 2.25. The van der Waals surface area contributed by atoms with Crippen molar-refractivity contribution in [3.05, 3.63) is 29.8 Å². The van der Waals surface area contributed by atoms with Gasteiger partial charge < -0.3 is 4.90 Å². The summed E-state index contributed by atoms with van der Waals surface area (Å²) < 4.78 is 0. The Kier molecular flexibility index (Phi) is 2.43. The fourth-order valence-corrected chi connectivity index (χ4v) is 2.71. The van der Waals surface area contributed by atoms with Crippen LogP contribution in [0.15, 0.2) is 18.6 Å². The molecule has 0 radical (unpaired) electrons. The van der Waals surface area contributed by atoms with Crippen molar-refractivity contribution in [2.45, 2.75) is 25.7 Å². The molecule has 2 aromatic rings. The van der Waals surface area contributed by atoms with Gasteiger partial charge in [-0.2, -0.15) is 0 Å². The maximum atomic E-state index is 4.75. The van der Waals surface area contributed by atoms with Crippen LogP contribution in [0.2, 0.25) is 0 Å². The molecule has 0 atom stereocenters. The predicted octanol–water partition coefficient (Wildman–Crippen LogP) is 1.63. The summed E-state index contributed by atoms with van der Waals surface area (Å²) in [6.07, 6.45) is 9.74. The van der Waals surface area contributed by atoms with Gasteiger partial charge in [0.05, 0.1) is 11.9 Å². The van der Waals surface area contributed by atoms with Gasteiger partial charge in [-0.1, -0.05) is 0 Å². The van der Waals surface area contributed by atoms with E-state index in [1.165, 1.54) is 24.1 Å². The fraction of sp³-hybridized carbons (Fsp3) is 0.429. The molecule has 2 aromatic heterocycles. The summed E-state index contributed by atoms with van der Waals surface area (Å²) >= 11 is 0. The van der Waals surface area contributed by atoms with Gasteiger partial charge in [-0.25, -0.2) is 9.97 Å². The zero-order valence-electron chi connectivity index (χ0n) is 10.7. The molecule has 0 saturated carbocycles. The Labute approximate surface area is 111 Å². The van der Waals surface area contributed by atoms with Crippen LogP contribution >= 0.6 is 0 Å². The minimum absolute atomic E-state index is 0.866. The summed E-state index contributed by atoms with van der Waals surface area (Å²) in [7, 11) is 0. The molecule has 0 unspecified atom stereocenters. The summed E-state index contributed by atoms with van der Waals surface area (Å²) in [5, 5.41) is 0. The highest BCUT2D eigenvalue weighted by molar-refractivity contribution is 5.62. The van der Waals surface area contributed by atoms with Gasteiger partial charge in [-0.05, 0) is 25.7 Å². The zero-order chi connectivity index (χ0) is 12.7. The van der Waals surface area contributed by atoms with Crippen LogP contribution in [0.1, 0.15) is 24.1 Å². The standard InChI is InChI=1S/C14H15N5/c1-3-10-11(4-1)17-14(19-7-2-8-19)18-13(10)12-9-15-5-6-16-12/h5-6,9H,1-4,7-8H2. The Hall–Kier alpha value is -2.04. The summed E-state index contributed by atoms with van der Waals surface area (Å²) in [6.45, 7) is 2.14. The lowest BCUT2D eigenvalue weighted by Crippen LogP contribution is -2.38. The summed E-state index contributed by atoms with van der Waals surface area (Å²) in [6, 6.07) is 0. The fourth-order valence-electron chi connectivity index (χ4n) is 2.71. The number of anilines is 1. The average molecular weight is 253 g/mol. The maximum Gasteiger partial charge on any atom is 0.226 e. The first-order valence-corrected chi connectivity index (χ1v) is 6.83. The van der Waals surface area contributed by atoms with Gasteiger partial charge in [0, 0.05) is 36.7 Å². The van der Waals surface area contributed by atoms with Crippen LogP contribution in [0, 0.1) is 0 Å². The monoisotopic (exact) mass is 253 g/mol. The van der Waals surface area contributed by atoms with Crippen LogP contribution in [0.25, 0.3) is 11.4 Å². The molecule has 4 rings (SSSR count). The van der Waals surface area contributed by atoms with Crippen molar-refractivity contribution in [1.82, 2.24) is 19.9 Å². The normalized spacial score (nSPS) is 17.2. The van der Waals surface area contributed by atoms with Gasteiger partial charge in [-0.15, -0.1) is 0 Å². The second-order valence-corrected chi connectivity index (χ2v) is 5.08. The van der Waals surface area contributed by atoms with Gasteiger partial charge >= 0.3 is 0 Å². The summed E-state index contributed by atoms with van der Waals surface area (Å²) in [5.74, 6) is 0.868. The van der Waals surface area contributed by atoms with E-state index < -0.39 is 0 Å². The molecule has 1 aliphatic carbocycles. The van der Waals surface area contributed by atoms with Crippen molar-refractivity contribution >= 4 is 5.95 Å². The largest absolute Gasteiger partial charge is 0.341 e. The third kappa shape index (κ3) is 1.77. The maximum absolute atomic E-state index is 4.75. The van der Waals surface area contributed by atoms with Crippen molar-refractivity contribution < 1.29 is 0 Å². The van der Waals surface area contributed by atoms with Crippen LogP contribution in [0.4, 0.5) is 5.95 Å². The molecule has 5 nitrogen and oxygen atoms in total. The van der Waals surface area contributed by atoms with Crippen molar-refractivity contribution in [2.24, 2.45) is 0 Å². The first-order valence-electron chi connectivity index (χ1n) is 6.83. The third-order valence-electron chi connectivity index (χ3n) is 3.87. The minimum Gasteiger partial charge on any atom is -0.341 e. The van der Waals surface area contributed by atoms with Gasteiger partial charge in [0.2, 0.25) is 5.95 Å². The Balaban J connectivity index is 1.86. The molecule has 0 aromatic carbocycles. The van der Waals surface area contributed by atoms with Gasteiger partial charge in [0.15, 0.2) is 0 Å². The number of hydrogen-bond acceptors (Lipinski definition) is 5. The summed E-state index contributed by atoms with van der Waals surface area (Å²) in [4.78, 5) is 20.3. The lowest BCUT2D eigenvalue weighted by molar-refractivity contribution is 0.599. The predicted molar refractivity (Wildman–Crippen MR) is 71.9 cm³/mol. The van der Waals surface area contributed by atoms with Crippen LogP contribution in [-0.2, 0) is 12.8 Å². The third-order valence-corrected chi connectivity index (χ3v) is 3.87. The molecule has 3 heterocycles. The molecule has 0 bridgehead atoms. The zero-order valence-corrected chi connectivity index (χ0v) is 10.7. The molecule has 1 aliphatic heterocycles. The van der Waals surface area contributed by atoms with Crippen molar-refractivity contribution in [2.75, 3.05) is 18.0 Å². The van der Waals surface area contributed by atoms with Gasteiger partial charge in [-0.3, -0.25) is 9.97 Å². The topological polar surface area (TPSA) is 54.8 Å². The lowest BCUT2D eigenvalue weighted by atomic mass is 10.1. The van der Waals surface area contributed by atoms with Crippen LogP contribution in [0.5, 0.6) is 0 Å². The molecule has 19 heavy (non-hydrogen) atoms. The van der Waals surface area contributed by atoms with E-state index in [1.54, 1.807) is 18.6 Å². The number of hydrogen-bond donors (Lipinski definition) is 0. The number of aromatic nitrogens is 4. The molecule has 2 aliphatic rings. The van der Waals surface area contributed by atoms with E-state index in [0.717, 1.165) is 43.3 Å². The van der Waals surface area contributed by atoms with Crippen LogP contribution in [-0.4, -0.2) is 33.0 Å². The molecule has 5 heteroatoms. The lowest BCUT2D eigenvalue weighted by Gasteiger charge is -2.31. The first kappa shape index (κ1) is 10.8. The van der Waals surface area contributed by atoms with E-state index in [9.17, 15) is 0 Å². The van der Waals surface area contributed by atoms with Crippen LogP contribution < -0.4 is 4.90 Å². The number of aryl methyl sites for hydroxylation is 1. The van der Waals surface area contributed by atoms with E-state index in [-0.39, 0.29) is 0 Å². The number of nitrogens with zero attached hydrogens (tertiary/aromatic N) is 5. The molecule has 96 valence electrons. The first-order chi connectivity index (χ1) is 9.42. The SMILES string of the molecule is c1cnc(-c2nc(N3CCC3)nc3c2CCC3)cn1. The molecular formula is C14H15N5. The molecule has 0 N–H and O–H groups in total. The van der Waals surface area contributed by atoms with Crippen molar-refractivity contribution in [1.29, 1.82) is 0 Å². The molecule has 1 fully saturated rings. The molecular weight excluding hydrogens is 238 g/mol. The Morgan fingerprint density at radius 2 is 1.95 bits per heavy atom. The van der Waals surface area contributed by atoms with E-state index in [0.29, 0.717) is 0 Å². The second-order valence-electron chi connectivity index (χ2n) is 5.08. The smallest absolute Gasteiger partial charge is 0.226 e. The van der Waals surface area contributed by atoms with Crippen molar-refractivity contribution in [3.63, 3.8) is 0 Å². The van der Waals surface area contributed by atoms with Crippen molar-refractivity contribution in [3.8, 4) is 11.4 Å². The van der Waals surface area contributed by atoms with E-state index in [4.69, 9.17) is 9.97 Å². The second kappa shape index (κ2) is 4.26. The van der Waals surface area contributed by atoms with E-state index >= 15 is 0 Å². The molecule has 1 saturated heterocycles. The number of fused-ring (bicyclic) bond motifs is 1. The quantitative estimate of drug-likeness (QED) is 0.814. The van der Waals surface area contributed by atoms with Crippen LogP contribution in [0.3, 0.4) is 0 Å². The molecule has 0 amide bonds. The summed E-state index contributed by atoms with van der Waals surface area (Å²) in [5.41, 5.74) is 4.32. The molecule has 0 spiro atoms. The average Bonchev–Trinajstić information content (AvgIpc) is 2.85. The van der Waals surface area contributed by atoms with E-state index in [2.05, 4.69) is 14.9 Å². The van der Waals surface area contributed by atoms with Gasteiger partial charge in [0.25, 0.3) is 0 Å². The van der Waals surface area contributed by atoms with Gasteiger partial charge in [0.1, 0.15) is 5.69 Å². The highest BCUT2D eigenvalue weighted by atomic mass is 15.3. The number of rotatable bonds is 2. The highest BCUT2D eigenvalue weighted by Crippen LogP contribution is 2.31.